The van der Waals surface area contributed by atoms with Gasteiger partial charge in [0, 0.05) is 30.2 Å². The number of aryl methyl sites for hydroxylation is 1. The number of nitrogens with one attached hydrogen (secondary N) is 2. The molecule has 36 heavy (non-hydrogen) atoms. The van der Waals surface area contributed by atoms with Crippen LogP contribution in [0, 0.1) is 5.82 Å². The van der Waals surface area contributed by atoms with Crippen LogP contribution in [0.15, 0.2) is 72.8 Å². The number of urea groups is 1. The van der Waals surface area contributed by atoms with Gasteiger partial charge in [-0.1, -0.05) is 50.1 Å². The van der Waals surface area contributed by atoms with E-state index in [2.05, 4.69) is 41.6 Å². The summed E-state index contributed by atoms with van der Waals surface area (Å²) in [6.07, 6.45) is 7.27. The highest BCUT2D eigenvalue weighted by Gasteiger charge is 2.31. The monoisotopic (exact) mass is 489 g/mol. The second-order valence-corrected chi connectivity index (χ2v) is 9.48. The summed E-state index contributed by atoms with van der Waals surface area (Å²) in [6.45, 7) is 2.17. The van der Waals surface area contributed by atoms with Crippen molar-refractivity contribution in [2.45, 2.75) is 64.0 Å². The molecule has 4 rings (SSSR count). The van der Waals surface area contributed by atoms with Gasteiger partial charge in [0.25, 0.3) is 0 Å². The Balaban J connectivity index is 1.35. The Labute approximate surface area is 213 Å². The molecule has 0 unspecified atom stereocenters. The first-order valence-electron chi connectivity index (χ1n) is 12.9. The van der Waals surface area contributed by atoms with Crippen LogP contribution in [0.4, 0.5) is 26.2 Å². The average molecular weight is 490 g/mol. The summed E-state index contributed by atoms with van der Waals surface area (Å²) in [5.41, 5.74) is 3.44. The number of hydrogen-bond acceptors (Lipinski definition) is 3. The van der Waals surface area contributed by atoms with Crippen molar-refractivity contribution in [1.82, 2.24) is 0 Å². The van der Waals surface area contributed by atoms with E-state index in [-0.39, 0.29) is 17.9 Å². The number of carbonyl (C=O) groups is 1. The fraction of sp³-hybridized carbons (Fsp3) is 0.367. The number of halogens is 1. The number of unbranched alkanes of at least 4 members (excludes halogenated alkanes) is 1. The molecule has 2 N–H and O–H groups in total. The van der Waals surface area contributed by atoms with Crippen LogP contribution >= 0.6 is 0 Å². The van der Waals surface area contributed by atoms with Crippen molar-refractivity contribution in [2.24, 2.45) is 0 Å². The maximum Gasteiger partial charge on any atom is 0.323 e. The number of ether oxygens (including phenoxy) is 1. The van der Waals surface area contributed by atoms with Crippen molar-refractivity contribution in [2.75, 3.05) is 22.6 Å². The molecule has 0 radical (unpaired) electrons. The van der Waals surface area contributed by atoms with E-state index in [0.29, 0.717) is 11.4 Å². The topological polar surface area (TPSA) is 53.6 Å². The van der Waals surface area contributed by atoms with Crippen LogP contribution in [0.2, 0.25) is 0 Å². The fourth-order valence-electron chi connectivity index (χ4n) is 4.78. The summed E-state index contributed by atoms with van der Waals surface area (Å²) < 4.78 is 21.2. The van der Waals surface area contributed by atoms with Crippen molar-refractivity contribution in [3.8, 4) is 5.75 Å². The minimum atomic E-state index is -0.486. The number of benzene rings is 3. The Kier molecular flexibility index (Phi) is 8.82. The highest BCUT2D eigenvalue weighted by Crippen LogP contribution is 2.31. The lowest BCUT2D eigenvalue weighted by molar-refractivity contribution is 0.124. The van der Waals surface area contributed by atoms with Crippen molar-refractivity contribution in [3.05, 3.63) is 84.2 Å². The molecule has 1 saturated carbocycles. The van der Waals surface area contributed by atoms with Gasteiger partial charge in [0.15, 0.2) is 11.6 Å². The number of para-hydroxylation sites is 1. The first-order valence-corrected chi connectivity index (χ1v) is 12.9. The second-order valence-electron chi connectivity index (χ2n) is 9.48. The molecule has 1 fully saturated rings. The molecule has 190 valence electrons. The molecule has 0 bridgehead atoms. The maximum absolute atomic E-state index is 15.0. The largest absolute Gasteiger partial charge is 0.485 e. The van der Waals surface area contributed by atoms with Gasteiger partial charge in [-0.25, -0.2) is 9.18 Å². The number of hydrogen-bond donors (Lipinski definition) is 2. The van der Waals surface area contributed by atoms with E-state index in [9.17, 15) is 9.18 Å². The number of nitrogens with zero attached hydrogens (tertiary/aromatic N) is 1. The van der Waals surface area contributed by atoms with Gasteiger partial charge in [0.1, 0.15) is 6.10 Å². The van der Waals surface area contributed by atoms with Gasteiger partial charge in [-0.15, -0.1) is 0 Å². The standard InChI is InChI=1S/C30H36FN3O2/c1-3-4-10-22-15-17-23(18-16-22)32-30(35)33-24-19-20-28(26(31)21-24)36-29-14-9-8-13-27(29)34(2)25-11-6-5-7-12-25/h5-7,11-12,15-21,27,29H,3-4,8-10,13-14H2,1-2H3,(H2,32,33,35)/t27-,29+/m1/s1. The van der Waals surface area contributed by atoms with Crippen molar-refractivity contribution in [3.63, 3.8) is 0 Å². The third kappa shape index (κ3) is 6.78. The smallest absolute Gasteiger partial charge is 0.323 e. The van der Waals surface area contributed by atoms with Crippen LogP contribution in [0.3, 0.4) is 0 Å². The average Bonchev–Trinajstić information content (AvgIpc) is 2.90. The van der Waals surface area contributed by atoms with E-state index in [1.54, 1.807) is 12.1 Å². The SMILES string of the molecule is CCCCc1ccc(NC(=O)Nc2ccc(O[C@H]3CCCC[C@H]3N(C)c3ccccc3)c(F)c2)cc1. The summed E-state index contributed by atoms with van der Waals surface area (Å²) in [7, 11) is 2.07. The first-order chi connectivity index (χ1) is 17.5. The molecule has 0 spiro atoms. The van der Waals surface area contributed by atoms with E-state index >= 15 is 0 Å². The van der Waals surface area contributed by atoms with Crippen LogP contribution in [-0.2, 0) is 6.42 Å². The zero-order chi connectivity index (χ0) is 25.3. The normalized spacial score (nSPS) is 17.3. The van der Waals surface area contributed by atoms with Gasteiger partial charge in [0.2, 0.25) is 0 Å². The highest BCUT2D eigenvalue weighted by molar-refractivity contribution is 5.99. The van der Waals surface area contributed by atoms with Gasteiger partial charge in [-0.2, -0.15) is 0 Å². The van der Waals surface area contributed by atoms with E-state index in [4.69, 9.17) is 4.74 Å². The Bertz CT molecular complexity index is 1120. The highest BCUT2D eigenvalue weighted by atomic mass is 19.1. The number of amides is 2. The van der Waals surface area contributed by atoms with Crippen LogP contribution in [0.1, 0.15) is 51.0 Å². The molecule has 2 atom stereocenters. The minimum Gasteiger partial charge on any atom is -0.485 e. The van der Waals surface area contributed by atoms with Gasteiger partial charge >= 0.3 is 6.03 Å². The third-order valence-corrected chi connectivity index (χ3v) is 6.83. The zero-order valence-corrected chi connectivity index (χ0v) is 21.2. The zero-order valence-electron chi connectivity index (χ0n) is 21.2. The summed E-state index contributed by atoms with van der Waals surface area (Å²) in [5, 5.41) is 5.50. The summed E-state index contributed by atoms with van der Waals surface area (Å²) >= 11 is 0. The molecular formula is C30H36FN3O2. The van der Waals surface area contributed by atoms with E-state index in [1.807, 2.05) is 42.5 Å². The summed E-state index contributed by atoms with van der Waals surface area (Å²) in [6, 6.07) is 22.3. The lowest BCUT2D eigenvalue weighted by Gasteiger charge is -2.39. The maximum atomic E-state index is 15.0. The van der Waals surface area contributed by atoms with Crippen molar-refractivity contribution >= 4 is 23.1 Å². The molecule has 0 aliphatic heterocycles. The van der Waals surface area contributed by atoms with Gasteiger partial charge in [-0.05, 0) is 74.1 Å². The lowest BCUT2D eigenvalue weighted by atomic mass is 9.91. The van der Waals surface area contributed by atoms with E-state index in [1.165, 1.54) is 11.6 Å². The molecule has 1 aliphatic rings. The predicted molar refractivity (Wildman–Crippen MR) is 146 cm³/mol. The van der Waals surface area contributed by atoms with Crippen molar-refractivity contribution in [1.29, 1.82) is 0 Å². The minimum absolute atomic E-state index is 0.110. The molecule has 5 nitrogen and oxygen atoms in total. The van der Waals surface area contributed by atoms with Gasteiger partial charge < -0.3 is 20.3 Å². The molecule has 0 aromatic heterocycles. The van der Waals surface area contributed by atoms with Crippen LogP contribution in [0.5, 0.6) is 5.75 Å². The number of likely N-dealkylation sites (N-methyl/N-ethyl adjacent to an activating group) is 1. The van der Waals surface area contributed by atoms with Crippen molar-refractivity contribution < 1.29 is 13.9 Å². The molecule has 3 aromatic carbocycles. The summed E-state index contributed by atoms with van der Waals surface area (Å²) in [4.78, 5) is 14.7. The molecule has 0 heterocycles. The van der Waals surface area contributed by atoms with Crippen LogP contribution in [0.25, 0.3) is 0 Å². The fourth-order valence-corrected chi connectivity index (χ4v) is 4.78. The molecule has 6 heteroatoms. The van der Waals surface area contributed by atoms with E-state index in [0.717, 1.165) is 50.6 Å². The number of rotatable bonds is 9. The Hall–Kier alpha value is -3.54. The van der Waals surface area contributed by atoms with Crippen LogP contribution < -0.4 is 20.3 Å². The number of anilines is 3. The lowest BCUT2D eigenvalue weighted by Crippen LogP contribution is -2.46. The second kappa shape index (κ2) is 12.4. The molecular weight excluding hydrogens is 453 g/mol. The summed E-state index contributed by atoms with van der Waals surface area (Å²) in [5.74, 6) is -0.276. The Morgan fingerprint density at radius 3 is 2.39 bits per heavy atom. The molecule has 2 amide bonds. The van der Waals surface area contributed by atoms with Gasteiger partial charge in [-0.3, -0.25) is 0 Å². The Morgan fingerprint density at radius 1 is 0.972 bits per heavy atom. The van der Waals surface area contributed by atoms with E-state index < -0.39 is 11.8 Å². The first kappa shape index (κ1) is 25.5. The van der Waals surface area contributed by atoms with Crippen LogP contribution in [-0.4, -0.2) is 25.2 Å². The van der Waals surface area contributed by atoms with Gasteiger partial charge in [0.05, 0.1) is 6.04 Å². The molecule has 3 aromatic rings. The Morgan fingerprint density at radius 2 is 1.67 bits per heavy atom. The molecule has 0 saturated heterocycles. The number of carbonyl (C=O) groups excluding carboxylic acids is 1. The third-order valence-electron chi connectivity index (χ3n) is 6.83. The quantitative estimate of drug-likeness (QED) is 0.325. The predicted octanol–water partition coefficient (Wildman–Crippen LogP) is 7.64. The molecule has 1 aliphatic carbocycles.